The Morgan fingerprint density at radius 2 is 1.91 bits per heavy atom. The van der Waals surface area contributed by atoms with Crippen molar-refractivity contribution in [3.05, 3.63) is 89.0 Å². The summed E-state index contributed by atoms with van der Waals surface area (Å²) in [5.74, 6) is 0.396. The third-order valence-corrected chi connectivity index (χ3v) is 5.77. The molecule has 0 unspecified atom stereocenters. The van der Waals surface area contributed by atoms with E-state index < -0.39 is 0 Å². The Kier molecular flexibility index (Phi) is 6.80. The molecule has 0 bridgehead atoms. The summed E-state index contributed by atoms with van der Waals surface area (Å²) in [7, 11) is 1.58. The van der Waals surface area contributed by atoms with Crippen LogP contribution in [0.1, 0.15) is 12.5 Å². The van der Waals surface area contributed by atoms with E-state index in [1.165, 1.54) is 4.57 Å². The van der Waals surface area contributed by atoms with Gasteiger partial charge in [-0.2, -0.15) is 5.10 Å². The minimum Gasteiger partial charge on any atom is -0.497 e. The highest BCUT2D eigenvalue weighted by Gasteiger charge is 2.15. The Morgan fingerprint density at radius 3 is 2.64 bits per heavy atom. The molecule has 0 saturated carbocycles. The molecule has 4 aromatic rings. The van der Waals surface area contributed by atoms with Gasteiger partial charge in [0.25, 0.3) is 11.5 Å². The Balaban J connectivity index is 1.60. The van der Waals surface area contributed by atoms with Crippen molar-refractivity contribution in [2.45, 2.75) is 12.1 Å². The van der Waals surface area contributed by atoms with Gasteiger partial charge in [0, 0.05) is 18.0 Å². The summed E-state index contributed by atoms with van der Waals surface area (Å²) >= 11 is 1.16. The highest BCUT2D eigenvalue weighted by atomic mass is 32.2. The van der Waals surface area contributed by atoms with E-state index >= 15 is 0 Å². The van der Waals surface area contributed by atoms with Crippen molar-refractivity contribution >= 4 is 34.3 Å². The van der Waals surface area contributed by atoms with Crippen LogP contribution in [0.4, 0.5) is 0 Å². The smallest absolute Gasteiger partial charge is 0.266 e. The second kappa shape index (κ2) is 10.1. The first-order chi connectivity index (χ1) is 16.1. The summed E-state index contributed by atoms with van der Waals surface area (Å²) < 4.78 is 6.72. The number of fused-ring (bicyclic) bond motifs is 1. The van der Waals surface area contributed by atoms with Crippen LogP contribution in [0.5, 0.6) is 5.75 Å². The van der Waals surface area contributed by atoms with Gasteiger partial charge in [-0.25, -0.2) is 10.4 Å². The lowest BCUT2D eigenvalue weighted by Gasteiger charge is -2.13. The van der Waals surface area contributed by atoms with Crippen molar-refractivity contribution in [2.24, 2.45) is 5.10 Å². The molecular formula is C24H21N5O3S. The van der Waals surface area contributed by atoms with Crippen molar-refractivity contribution < 1.29 is 9.53 Å². The number of amides is 1. The molecule has 0 atom stereocenters. The third kappa shape index (κ3) is 5.09. The minimum atomic E-state index is -0.313. The number of ether oxygens (including phenoxy) is 1. The van der Waals surface area contributed by atoms with E-state index in [9.17, 15) is 9.59 Å². The molecule has 8 nitrogen and oxygen atoms in total. The third-order valence-electron chi connectivity index (χ3n) is 4.84. The second-order valence-electron chi connectivity index (χ2n) is 7.01. The summed E-state index contributed by atoms with van der Waals surface area (Å²) in [6, 6.07) is 17.9. The summed E-state index contributed by atoms with van der Waals surface area (Å²) in [4.78, 5) is 34.4. The zero-order chi connectivity index (χ0) is 23.2. The molecule has 0 saturated heterocycles. The standard InChI is InChI=1S/C24H21N5O3S/c1-16(17-6-5-13-25-14-17)27-28-22(30)15-33-24-26-21-8-4-3-7-20(21)23(31)29(24)18-9-11-19(32-2)12-10-18/h3-14H,15H2,1-2H3,(H,28,30). The average molecular weight is 460 g/mol. The van der Waals surface area contributed by atoms with E-state index in [0.717, 1.165) is 17.3 Å². The number of thioether (sulfide) groups is 1. The van der Waals surface area contributed by atoms with Crippen LogP contribution >= 0.6 is 11.8 Å². The number of carbonyl (C=O) groups excluding carboxylic acids is 1. The number of benzene rings is 2. The van der Waals surface area contributed by atoms with Crippen LogP contribution in [-0.2, 0) is 4.79 Å². The molecule has 166 valence electrons. The first-order valence-electron chi connectivity index (χ1n) is 10.1. The molecular weight excluding hydrogens is 438 g/mol. The molecule has 9 heteroatoms. The van der Waals surface area contributed by atoms with E-state index in [2.05, 4.69) is 20.5 Å². The van der Waals surface area contributed by atoms with Gasteiger partial charge in [-0.05, 0) is 49.4 Å². The maximum atomic E-state index is 13.3. The number of pyridine rings is 1. The number of hydrogen-bond donors (Lipinski definition) is 1. The lowest BCUT2D eigenvalue weighted by atomic mass is 10.2. The molecule has 33 heavy (non-hydrogen) atoms. The van der Waals surface area contributed by atoms with Gasteiger partial charge in [0.15, 0.2) is 5.16 Å². The number of aromatic nitrogens is 3. The molecule has 0 aliphatic heterocycles. The first-order valence-corrected chi connectivity index (χ1v) is 11.1. The van der Waals surface area contributed by atoms with E-state index in [1.54, 1.807) is 75.0 Å². The van der Waals surface area contributed by atoms with Crippen LogP contribution in [0.3, 0.4) is 0 Å². The number of carbonyl (C=O) groups is 1. The average Bonchev–Trinajstić information content (AvgIpc) is 2.87. The van der Waals surface area contributed by atoms with Crippen LogP contribution < -0.4 is 15.7 Å². The highest BCUT2D eigenvalue weighted by molar-refractivity contribution is 7.99. The van der Waals surface area contributed by atoms with Gasteiger partial charge in [0.05, 0.1) is 35.2 Å². The lowest BCUT2D eigenvalue weighted by Crippen LogP contribution is -2.24. The fourth-order valence-electron chi connectivity index (χ4n) is 3.12. The molecule has 1 amide bonds. The predicted molar refractivity (Wildman–Crippen MR) is 129 cm³/mol. The van der Waals surface area contributed by atoms with Gasteiger partial charge in [-0.1, -0.05) is 30.0 Å². The summed E-state index contributed by atoms with van der Waals surface area (Å²) in [5.41, 5.74) is 4.99. The van der Waals surface area contributed by atoms with Crippen LogP contribution in [0, 0.1) is 0 Å². The van der Waals surface area contributed by atoms with E-state index in [1.807, 2.05) is 12.1 Å². The minimum absolute atomic E-state index is 0.0325. The van der Waals surface area contributed by atoms with E-state index in [4.69, 9.17) is 4.74 Å². The predicted octanol–water partition coefficient (Wildman–Crippen LogP) is 3.42. The molecule has 0 aliphatic carbocycles. The second-order valence-corrected chi connectivity index (χ2v) is 7.96. The molecule has 2 aromatic carbocycles. The van der Waals surface area contributed by atoms with Crippen molar-refractivity contribution in [3.8, 4) is 11.4 Å². The quantitative estimate of drug-likeness (QED) is 0.197. The van der Waals surface area contributed by atoms with Gasteiger partial charge in [0.2, 0.25) is 0 Å². The molecule has 0 radical (unpaired) electrons. The number of nitrogens with one attached hydrogen (secondary N) is 1. The highest BCUT2D eigenvalue weighted by Crippen LogP contribution is 2.22. The van der Waals surface area contributed by atoms with Crippen LogP contribution in [0.25, 0.3) is 16.6 Å². The topological polar surface area (TPSA) is 98.5 Å². The maximum absolute atomic E-state index is 13.3. The number of hydrazone groups is 1. The number of hydrogen-bond acceptors (Lipinski definition) is 7. The van der Waals surface area contributed by atoms with Gasteiger partial charge < -0.3 is 4.74 Å². The van der Waals surface area contributed by atoms with Crippen molar-refractivity contribution in [1.82, 2.24) is 20.0 Å². The summed E-state index contributed by atoms with van der Waals surface area (Å²) in [6.07, 6.45) is 3.34. The van der Waals surface area contributed by atoms with Crippen LogP contribution in [-0.4, -0.2) is 39.0 Å². The first kappa shape index (κ1) is 22.2. The fourth-order valence-corrected chi connectivity index (χ4v) is 3.92. The zero-order valence-electron chi connectivity index (χ0n) is 18.1. The van der Waals surface area contributed by atoms with Crippen LogP contribution in [0.15, 0.2) is 88.1 Å². The monoisotopic (exact) mass is 459 g/mol. The summed E-state index contributed by atoms with van der Waals surface area (Å²) in [6.45, 7) is 1.79. The number of rotatable bonds is 7. The Bertz CT molecular complexity index is 1370. The molecule has 0 aliphatic rings. The fraction of sp³-hybridized carbons (Fsp3) is 0.125. The van der Waals surface area contributed by atoms with Crippen molar-refractivity contribution in [1.29, 1.82) is 0 Å². The largest absolute Gasteiger partial charge is 0.497 e. The molecule has 4 rings (SSSR count). The molecule has 0 fully saturated rings. The Labute approximate surface area is 194 Å². The lowest BCUT2D eigenvalue weighted by molar-refractivity contribution is -0.118. The Morgan fingerprint density at radius 1 is 1.12 bits per heavy atom. The Hall–Kier alpha value is -3.98. The molecule has 2 aromatic heterocycles. The SMILES string of the molecule is COc1ccc(-n2c(SCC(=O)NN=C(C)c3cccnc3)nc3ccccc3c2=O)cc1. The van der Waals surface area contributed by atoms with Gasteiger partial charge >= 0.3 is 0 Å². The van der Waals surface area contributed by atoms with Gasteiger partial charge in [-0.15, -0.1) is 0 Å². The van der Waals surface area contributed by atoms with Crippen LogP contribution in [0.2, 0.25) is 0 Å². The summed E-state index contributed by atoms with van der Waals surface area (Å²) in [5, 5.41) is 5.04. The normalized spacial score (nSPS) is 11.4. The number of nitrogens with zero attached hydrogens (tertiary/aromatic N) is 4. The van der Waals surface area contributed by atoms with Gasteiger partial charge in [0.1, 0.15) is 5.75 Å². The van der Waals surface area contributed by atoms with Crippen molar-refractivity contribution in [3.63, 3.8) is 0 Å². The maximum Gasteiger partial charge on any atom is 0.266 e. The van der Waals surface area contributed by atoms with E-state index in [-0.39, 0.29) is 17.2 Å². The number of methoxy groups -OCH3 is 1. The van der Waals surface area contributed by atoms with Crippen molar-refractivity contribution in [2.75, 3.05) is 12.9 Å². The van der Waals surface area contributed by atoms with E-state index in [0.29, 0.717) is 33.2 Å². The molecule has 2 heterocycles. The van der Waals surface area contributed by atoms with Gasteiger partial charge in [-0.3, -0.25) is 19.1 Å². The molecule has 0 spiro atoms. The molecule has 1 N–H and O–H groups in total. The zero-order valence-corrected chi connectivity index (χ0v) is 18.9. The number of para-hydroxylation sites is 1.